The van der Waals surface area contributed by atoms with E-state index in [0.29, 0.717) is 6.04 Å². The zero-order valence-electron chi connectivity index (χ0n) is 7.12. The van der Waals surface area contributed by atoms with Crippen molar-refractivity contribution in [2.75, 3.05) is 6.54 Å². The largest absolute Gasteiger partial charge is 0.313 e. The van der Waals surface area contributed by atoms with Crippen LogP contribution in [0.5, 0.6) is 0 Å². The first-order valence-electron chi connectivity index (χ1n) is 4.03. The Labute approximate surface area is 67.4 Å². The van der Waals surface area contributed by atoms with Crippen LogP contribution in [0.25, 0.3) is 0 Å². The van der Waals surface area contributed by atoms with E-state index < -0.39 is 0 Å². The van der Waals surface area contributed by atoms with E-state index in [1.54, 1.807) is 6.20 Å². The molecule has 0 saturated carbocycles. The number of rotatable bonds is 4. The molecule has 0 spiro atoms. The Kier molecular flexibility index (Phi) is 3.11. The smallest absolute Gasteiger partial charge is 0.0559 e. The first-order chi connectivity index (χ1) is 5.33. The van der Waals surface area contributed by atoms with Crippen LogP contribution in [0.1, 0.15) is 13.8 Å². The third-order valence-corrected chi connectivity index (χ3v) is 1.57. The molecule has 3 heteroatoms. The van der Waals surface area contributed by atoms with Crippen LogP contribution in [0.15, 0.2) is 18.5 Å². The van der Waals surface area contributed by atoms with Gasteiger partial charge in [-0.25, -0.2) is 0 Å². The molecule has 62 valence electrons. The van der Waals surface area contributed by atoms with Crippen molar-refractivity contribution in [2.24, 2.45) is 0 Å². The quantitative estimate of drug-likeness (QED) is 0.696. The molecule has 1 aromatic rings. The van der Waals surface area contributed by atoms with Gasteiger partial charge in [-0.2, -0.15) is 5.10 Å². The second-order valence-corrected chi connectivity index (χ2v) is 2.69. The van der Waals surface area contributed by atoms with Gasteiger partial charge in [-0.3, -0.25) is 4.68 Å². The number of nitrogens with one attached hydrogen (secondary N) is 1. The van der Waals surface area contributed by atoms with E-state index >= 15 is 0 Å². The zero-order chi connectivity index (χ0) is 8.10. The highest BCUT2D eigenvalue weighted by Gasteiger charge is 1.99. The van der Waals surface area contributed by atoms with Gasteiger partial charge in [0.2, 0.25) is 0 Å². The number of aromatic nitrogens is 2. The monoisotopic (exact) mass is 153 g/mol. The van der Waals surface area contributed by atoms with Crippen molar-refractivity contribution in [3.63, 3.8) is 0 Å². The Balaban J connectivity index is 2.31. The lowest BCUT2D eigenvalue weighted by Gasteiger charge is -2.11. The van der Waals surface area contributed by atoms with Crippen molar-refractivity contribution < 1.29 is 0 Å². The van der Waals surface area contributed by atoms with Gasteiger partial charge >= 0.3 is 0 Å². The summed E-state index contributed by atoms with van der Waals surface area (Å²) >= 11 is 0. The lowest BCUT2D eigenvalue weighted by molar-refractivity contribution is 0.461. The van der Waals surface area contributed by atoms with E-state index in [9.17, 15) is 0 Å². The van der Waals surface area contributed by atoms with Gasteiger partial charge in [-0.1, -0.05) is 6.92 Å². The summed E-state index contributed by atoms with van der Waals surface area (Å²) in [6.45, 7) is 6.23. The minimum absolute atomic E-state index is 0.500. The Bertz CT molecular complexity index is 181. The molecule has 0 bridgehead atoms. The maximum Gasteiger partial charge on any atom is 0.0559 e. The molecule has 0 amide bonds. The molecule has 0 radical (unpaired) electrons. The second kappa shape index (κ2) is 4.13. The molecule has 1 rings (SSSR count). The van der Waals surface area contributed by atoms with Crippen molar-refractivity contribution in [1.29, 1.82) is 0 Å². The second-order valence-electron chi connectivity index (χ2n) is 2.69. The van der Waals surface area contributed by atoms with Crippen molar-refractivity contribution in [1.82, 2.24) is 15.1 Å². The molecule has 1 heterocycles. The molecule has 1 unspecified atom stereocenters. The predicted octanol–water partition coefficient (Wildman–Crippen LogP) is 0.881. The van der Waals surface area contributed by atoms with Crippen LogP contribution in [0.2, 0.25) is 0 Å². The normalized spacial score (nSPS) is 13.3. The van der Waals surface area contributed by atoms with Crippen molar-refractivity contribution >= 4 is 0 Å². The standard InChI is InChI=1S/C8H15N3/c1-3-9-8(2)7-11-6-4-5-10-11/h4-6,8-9H,3,7H2,1-2H3. The Morgan fingerprint density at radius 2 is 2.45 bits per heavy atom. The summed E-state index contributed by atoms with van der Waals surface area (Å²) in [6, 6.07) is 2.44. The highest BCUT2D eigenvalue weighted by molar-refractivity contribution is 4.78. The summed E-state index contributed by atoms with van der Waals surface area (Å²) in [5.41, 5.74) is 0. The summed E-state index contributed by atoms with van der Waals surface area (Å²) in [4.78, 5) is 0. The Morgan fingerprint density at radius 3 is 3.00 bits per heavy atom. The molecule has 1 atom stereocenters. The van der Waals surface area contributed by atoms with E-state index in [4.69, 9.17) is 0 Å². The highest BCUT2D eigenvalue weighted by Crippen LogP contribution is 1.89. The maximum absolute atomic E-state index is 4.12. The van der Waals surface area contributed by atoms with Gasteiger partial charge in [-0.05, 0) is 19.5 Å². The van der Waals surface area contributed by atoms with E-state index in [1.807, 2.05) is 16.9 Å². The van der Waals surface area contributed by atoms with Crippen LogP contribution in [0.3, 0.4) is 0 Å². The number of likely N-dealkylation sites (N-methyl/N-ethyl adjacent to an activating group) is 1. The van der Waals surface area contributed by atoms with Crippen molar-refractivity contribution in [2.45, 2.75) is 26.4 Å². The fraction of sp³-hybridized carbons (Fsp3) is 0.625. The molecule has 0 aliphatic rings. The van der Waals surface area contributed by atoms with E-state index in [-0.39, 0.29) is 0 Å². The first kappa shape index (κ1) is 8.27. The SMILES string of the molecule is CCNC(C)Cn1cccn1. The number of nitrogens with zero attached hydrogens (tertiary/aromatic N) is 2. The van der Waals surface area contributed by atoms with Gasteiger partial charge in [-0.15, -0.1) is 0 Å². The third-order valence-electron chi connectivity index (χ3n) is 1.57. The molecule has 1 aromatic heterocycles. The van der Waals surface area contributed by atoms with E-state index in [0.717, 1.165) is 13.1 Å². The van der Waals surface area contributed by atoms with Gasteiger partial charge in [0.25, 0.3) is 0 Å². The van der Waals surface area contributed by atoms with Crippen molar-refractivity contribution in [3.8, 4) is 0 Å². The minimum Gasteiger partial charge on any atom is -0.313 e. The molecule has 0 aliphatic heterocycles. The average Bonchev–Trinajstić information content (AvgIpc) is 2.40. The molecular weight excluding hydrogens is 138 g/mol. The fourth-order valence-electron chi connectivity index (χ4n) is 1.10. The maximum atomic E-state index is 4.12. The lowest BCUT2D eigenvalue weighted by atomic mass is 10.3. The van der Waals surface area contributed by atoms with Crippen molar-refractivity contribution in [3.05, 3.63) is 18.5 Å². The zero-order valence-corrected chi connectivity index (χ0v) is 7.12. The molecule has 11 heavy (non-hydrogen) atoms. The van der Waals surface area contributed by atoms with Gasteiger partial charge in [0, 0.05) is 18.4 Å². The van der Waals surface area contributed by atoms with E-state index in [1.165, 1.54) is 0 Å². The van der Waals surface area contributed by atoms with Crippen LogP contribution in [-0.2, 0) is 6.54 Å². The Hall–Kier alpha value is -0.830. The number of hydrogen-bond acceptors (Lipinski definition) is 2. The summed E-state index contributed by atoms with van der Waals surface area (Å²) in [6.07, 6.45) is 3.78. The number of hydrogen-bond donors (Lipinski definition) is 1. The van der Waals surface area contributed by atoms with Gasteiger partial charge < -0.3 is 5.32 Å². The summed E-state index contributed by atoms with van der Waals surface area (Å²) in [5.74, 6) is 0. The van der Waals surface area contributed by atoms with Crippen LogP contribution in [0, 0.1) is 0 Å². The van der Waals surface area contributed by atoms with Crippen LogP contribution >= 0.6 is 0 Å². The summed E-state index contributed by atoms with van der Waals surface area (Å²) < 4.78 is 1.94. The van der Waals surface area contributed by atoms with Crippen LogP contribution < -0.4 is 5.32 Å². The molecule has 0 saturated heterocycles. The van der Waals surface area contributed by atoms with Crippen LogP contribution in [0.4, 0.5) is 0 Å². The summed E-state index contributed by atoms with van der Waals surface area (Å²) in [7, 11) is 0. The van der Waals surface area contributed by atoms with E-state index in [2.05, 4.69) is 24.3 Å². The highest BCUT2D eigenvalue weighted by atomic mass is 15.3. The third kappa shape index (κ3) is 2.72. The fourth-order valence-corrected chi connectivity index (χ4v) is 1.10. The molecule has 1 N–H and O–H groups in total. The molecule has 0 aromatic carbocycles. The topological polar surface area (TPSA) is 29.9 Å². The summed E-state index contributed by atoms with van der Waals surface area (Å²) in [5, 5.41) is 7.44. The van der Waals surface area contributed by atoms with Gasteiger partial charge in [0.15, 0.2) is 0 Å². The molecule has 0 aliphatic carbocycles. The van der Waals surface area contributed by atoms with Crippen LogP contribution in [-0.4, -0.2) is 22.4 Å². The Morgan fingerprint density at radius 1 is 1.64 bits per heavy atom. The predicted molar refractivity (Wildman–Crippen MR) is 45.4 cm³/mol. The molecule has 3 nitrogen and oxygen atoms in total. The first-order valence-corrected chi connectivity index (χ1v) is 4.03. The minimum atomic E-state index is 0.500. The molecule has 0 fully saturated rings. The van der Waals surface area contributed by atoms with Gasteiger partial charge in [0.1, 0.15) is 0 Å². The van der Waals surface area contributed by atoms with Gasteiger partial charge in [0.05, 0.1) is 6.54 Å². The lowest BCUT2D eigenvalue weighted by Crippen LogP contribution is -2.30. The average molecular weight is 153 g/mol. The molecular formula is C8H15N3.